The summed E-state index contributed by atoms with van der Waals surface area (Å²) < 4.78 is 20.5. The van der Waals surface area contributed by atoms with E-state index in [0.29, 0.717) is 18.8 Å². The summed E-state index contributed by atoms with van der Waals surface area (Å²) in [6.07, 6.45) is 0.936. The SMILES string of the molecule is CCCOc1ccc(Br)cc1CNc1cccc(Cl)c1F. The normalized spacial score (nSPS) is 10.5. The van der Waals surface area contributed by atoms with Crippen molar-refractivity contribution in [3.05, 3.63) is 57.3 Å². The monoisotopic (exact) mass is 371 g/mol. The first kappa shape index (κ1) is 16.1. The van der Waals surface area contributed by atoms with E-state index in [-0.39, 0.29) is 5.02 Å². The highest BCUT2D eigenvalue weighted by molar-refractivity contribution is 9.10. The largest absolute Gasteiger partial charge is 0.493 e. The predicted octanol–water partition coefficient (Wildman–Crippen LogP) is 5.64. The maximum absolute atomic E-state index is 13.9. The maximum Gasteiger partial charge on any atom is 0.164 e. The van der Waals surface area contributed by atoms with Crippen LogP contribution in [0, 0.1) is 5.82 Å². The Morgan fingerprint density at radius 1 is 1.29 bits per heavy atom. The Hall–Kier alpha value is -1.26. The Morgan fingerprint density at radius 3 is 2.86 bits per heavy atom. The van der Waals surface area contributed by atoms with Crippen LogP contribution in [0.15, 0.2) is 40.9 Å². The summed E-state index contributed by atoms with van der Waals surface area (Å²) in [5, 5.41) is 3.16. The van der Waals surface area contributed by atoms with Crippen molar-refractivity contribution in [3.8, 4) is 5.75 Å². The van der Waals surface area contributed by atoms with Crippen molar-refractivity contribution < 1.29 is 9.13 Å². The van der Waals surface area contributed by atoms with E-state index < -0.39 is 5.82 Å². The smallest absolute Gasteiger partial charge is 0.164 e. The highest BCUT2D eigenvalue weighted by Gasteiger charge is 2.08. The Bertz CT molecular complexity index is 621. The summed E-state index contributed by atoms with van der Waals surface area (Å²) in [5.41, 5.74) is 1.33. The number of nitrogens with one attached hydrogen (secondary N) is 1. The zero-order valence-corrected chi connectivity index (χ0v) is 14.0. The number of halogens is 3. The molecule has 2 rings (SSSR count). The summed E-state index contributed by atoms with van der Waals surface area (Å²) in [7, 11) is 0. The minimum Gasteiger partial charge on any atom is -0.493 e. The van der Waals surface area contributed by atoms with Gasteiger partial charge in [-0.25, -0.2) is 4.39 Å². The van der Waals surface area contributed by atoms with Gasteiger partial charge in [0.05, 0.1) is 17.3 Å². The van der Waals surface area contributed by atoms with Crippen molar-refractivity contribution in [2.75, 3.05) is 11.9 Å². The Balaban J connectivity index is 2.15. The topological polar surface area (TPSA) is 21.3 Å². The van der Waals surface area contributed by atoms with Gasteiger partial charge in [0.15, 0.2) is 5.82 Å². The third-order valence-corrected chi connectivity index (χ3v) is 3.69. The number of anilines is 1. The lowest BCUT2D eigenvalue weighted by Crippen LogP contribution is -2.05. The van der Waals surface area contributed by atoms with Crippen LogP contribution in [0.2, 0.25) is 5.02 Å². The minimum atomic E-state index is -0.440. The molecule has 0 radical (unpaired) electrons. The molecule has 0 aliphatic carbocycles. The highest BCUT2D eigenvalue weighted by Crippen LogP contribution is 2.26. The first-order chi connectivity index (χ1) is 10.1. The van der Waals surface area contributed by atoms with E-state index in [1.54, 1.807) is 12.1 Å². The summed E-state index contributed by atoms with van der Waals surface area (Å²) in [4.78, 5) is 0. The second-order valence-electron chi connectivity index (χ2n) is 4.56. The first-order valence-corrected chi connectivity index (χ1v) is 7.88. The fraction of sp³-hybridized carbons (Fsp3) is 0.250. The van der Waals surface area contributed by atoms with Gasteiger partial charge in [0.1, 0.15) is 5.75 Å². The molecule has 0 aromatic heterocycles. The van der Waals surface area contributed by atoms with Crippen LogP contribution in [-0.2, 0) is 6.54 Å². The Morgan fingerprint density at radius 2 is 2.10 bits per heavy atom. The Kier molecular flexibility index (Phi) is 5.88. The van der Waals surface area contributed by atoms with Crippen molar-refractivity contribution in [3.63, 3.8) is 0 Å². The molecule has 1 N–H and O–H groups in total. The quantitative estimate of drug-likeness (QED) is 0.708. The molecular weight excluding hydrogens is 357 g/mol. The van der Waals surface area contributed by atoms with E-state index in [4.69, 9.17) is 16.3 Å². The van der Waals surface area contributed by atoms with Crippen LogP contribution in [-0.4, -0.2) is 6.61 Å². The van der Waals surface area contributed by atoms with Gasteiger partial charge in [0.25, 0.3) is 0 Å². The molecule has 0 heterocycles. The molecule has 0 unspecified atom stereocenters. The molecule has 112 valence electrons. The maximum atomic E-state index is 13.9. The lowest BCUT2D eigenvalue weighted by molar-refractivity contribution is 0.314. The molecule has 0 aliphatic rings. The second kappa shape index (κ2) is 7.66. The number of hydrogen-bond donors (Lipinski definition) is 1. The molecule has 5 heteroatoms. The van der Waals surface area contributed by atoms with E-state index in [2.05, 4.69) is 28.2 Å². The first-order valence-electron chi connectivity index (χ1n) is 6.71. The van der Waals surface area contributed by atoms with Gasteiger partial charge in [-0.3, -0.25) is 0 Å². The van der Waals surface area contributed by atoms with Crippen molar-refractivity contribution in [2.24, 2.45) is 0 Å². The van der Waals surface area contributed by atoms with Crippen molar-refractivity contribution in [2.45, 2.75) is 19.9 Å². The van der Waals surface area contributed by atoms with Gasteiger partial charge in [0.2, 0.25) is 0 Å². The fourth-order valence-electron chi connectivity index (χ4n) is 1.87. The third-order valence-electron chi connectivity index (χ3n) is 2.91. The molecule has 0 amide bonds. The van der Waals surface area contributed by atoms with E-state index in [1.807, 2.05) is 18.2 Å². The molecule has 0 atom stereocenters. The second-order valence-corrected chi connectivity index (χ2v) is 5.88. The third kappa shape index (κ3) is 4.35. The molecule has 0 spiro atoms. The zero-order chi connectivity index (χ0) is 15.2. The lowest BCUT2D eigenvalue weighted by Gasteiger charge is -2.13. The number of benzene rings is 2. The number of rotatable bonds is 6. The van der Waals surface area contributed by atoms with Crippen LogP contribution in [0.25, 0.3) is 0 Å². The Labute approximate surface area is 137 Å². The molecule has 0 saturated carbocycles. The van der Waals surface area contributed by atoms with Crippen LogP contribution >= 0.6 is 27.5 Å². The van der Waals surface area contributed by atoms with Gasteiger partial charge in [-0.1, -0.05) is 40.5 Å². The molecule has 0 fully saturated rings. The van der Waals surface area contributed by atoms with Crippen LogP contribution < -0.4 is 10.1 Å². The molecule has 21 heavy (non-hydrogen) atoms. The summed E-state index contributed by atoms with van der Waals surface area (Å²) in [6.45, 7) is 3.16. The summed E-state index contributed by atoms with van der Waals surface area (Å²) >= 11 is 9.21. The van der Waals surface area contributed by atoms with Gasteiger partial charge in [0, 0.05) is 16.6 Å². The minimum absolute atomic E-state index is 0.108. The van der Waals surface area contributed by atoms with Crippen LogP contribution in [0.4, 0.5) is 10.1 Å². The van der Waals surface area contributed by atoms with Crippen molar-refractivity contribution in [1.82, 2.24) is 0 Å². The van der Waals surface area contributed by atoms with E-state index in [1.165, 1.54) is 6.07 Å². The van der Waals surface area contributed by atoms with Crippen LogP contribution in [0.3, 0.4) is 0 Å². The average molecular weight is 373 g/mol. The molecule has 0 saturated heterocycles. The van der Waals surface area contributed by atoms with Crippen molar-refractivity contribution in [1.29, 1.82) is 0 Å². The molecule has 2 aromatic rings. The van der Waals surface area contributed by atoms with Gasteiger partial charge in [-0.15, -0.1) is 0 Å². The van der Waals surface area contributed by atoms with E-state index >= 15 is 0 Å². The summed E-state index contributed by atoms with van der Waals surface area (Å²) in [6, 6.07) is 10.7. The van der Waals surface area contributed by atoms with Crippen LogP contribution in [0.1, 0.15) is 18.9 Å². The summed E-state index contributed by atoms with van der Waals surface area (Å²) in [5.74, 6) is 0.361. The molecule has 0 bridgehead atoms. The van der Waals surface area contributed by atoms with Gasteiger partial charge < -0.3 is 10.1 Å². The van der Waals surface area contributed by atoms with E-state index in [9.17, 15) is 4.39 Å². The van der Waals surface area contributed by atoms with Gasteiger partial charge in [-0.2, -0.15) is 0 Å². The molecule has 2 aromatic carbocycles. The molecule has 2 nitrogen and oxygen atoms in total. The molecule has 0 aliphatic heterocycles. The van der Waals surface area contributed by atoms with Gasteiger partial charge in [-0.05, 0) is 36.8 Å². The predicted molar refractivity (Wildman–Crippen MR) is 88.7 cm³/mol. The number of ether oxygens (including phenoxy) is 1. The number of hydrogen-bond acceptors (Lipinski definition) is 2. The van der Waals surface area contributed by atoms with Gasteiger partial charge >= 0.3 is 0 Å². The zero-order valence-electron chi connectivity index (χ0n) is 11.6. The van der Waals surface area contributed by atoms with Crippen molar-refractivity contribution >= 4 is 33.2 Å². The highest BCUT2D eigenvalue weighted by atomic mass is 79.9. The lowest BCUT2D eigenvalue weighted by atomic mass is 10.2. The van der Waals surface area contributed by atoms with Crippen LogP contribution in [0.5, 0.6) is 5.75 Å². The average Bonchev–Trinajstić information content (AvgIpc) is 2.48. The van der Waals surface area contributed by atoms with E-state index in [0.717, 1.165) is 22.2 Å². The fourth-order valence-corrected chi connectivity index (χ4v) is 2.45. The molecular formula is C16H16BrClFNO. The standard InChI is InChI=1S/C16H16BrClFNO/c1-2-8-21-15-7-6-12(17)9-11(15)10-20-14-5-3-4-13(18)16(14)19/h3-7,9,20H,2,8,10H2,1H3.